The van der Waals surface area contributed by atoms with Crippen molar-refractivity contribution in [3.63, 3.8) is 0 Å². The van der Waals surface area contributed by atoms with Crippen molar-refractivity contribution in [3.05, 3.63) is 114 Å². The maximum atomic E-state index is 12.8. The highest BCUT2D eigenvalue weighted by atomic mass is 16.2. The summed E-state index contributed by atoms with van der Waals surface area (Å²) in [6.45, 7) is 0.526. The third-order valence-corrected chi connectivity index (χ3v) is 6.14. The van der Waals surface area contributed by atoms with E-state index in [2.05, 4.69) is 47.0 Å². The molecule has 4 aromatic rings. The lowest BCUT2D eigenvalue weighted by atomic mass is 10.0. The number of para-hydroxylation sites is 1. The number of carbonyl (C=O) groups excluding carboxylic acids is 2. The number of nitrogens with zero attached hydrogens (tertiary/aromatic N) is 1. The molecule has 5 heteroatoms. The summed E-state index contributed by atoms with van der Waals surface area (Å²) in [4.78, 5) is 27.5. The van der Waals surface area contributed by atoms with E-state index >= 15 is 0 Å². The first kappa shape index (κ1) is 21.5. The molecule has 2 N–H and O–H groups in total. The fourth-order valence-electron chi connectivity index (χ4n) is 4.26. The molecule has 0 saturated carbocycles. The van der Waals surface area contributed by atoms with Crippen LogP contribution in [0.4, 0.5) is 17.1 Å². The van der Waals surface area contributed by atoms with Crippen molar-refractivity contribution in [2.45, 2.75) is 6.42 Å². The molecule has 0 atom stereocenters. The Hall–Kier alpha value is -4.38. The number of rotatable bonds is 5. The summed E-state index contributed by atoms with van der Waals surface area (Å²) in [5.41, 5.74) is 6.92. The standard InChI is InChI=1S/C29H25N3O2/c1-32-26-10-6-5-9-24(26)29(34)31-25-19-23(15-16-27(25)32)28(33)30-18-17-20-11-13-22(14-12-20)21-7-3-2-4-8-21/h2-16,19H,17-18H2,1H3,(H,30,33)(H,31,34). The SMILES string of the molecule is CN1c2ccc(C(=O)NCCc3ccc(-c4ccccc4)cc3)cc2NC(=O)c2ccccc21. The number of nitrogens with one attached hydrogen (secondary N) is 2. The highest BCUT2D eigenvalue weighted by Crippen LogP contribution is 2.37. The van der Waals surface area contributed by atoms with Crippen LogP contribution in [0.3, 0.4) is 0 Å². The zero-order valence-electron chi connectivity index (χ0n) is 18.9. The molecular weight excluding hydrogens is 422 g/mol. The molecule has 1 heterocycles. The smallest absolute Gasteiger partial charge is 0.257 e. The summed E-state index contributed by atoms with van der Waals surface area (Å²) in [6.07, 6.45) is 0.737. The van der Waals surface area contributed by atoms with Crippen molar-refractivity contribution in [3.8, 4) is 11.1 Å². The predicted octanol–water partition coefficient (Wildman–Crippen LogP) is 5.66. The van der Waals surface area contributed by atoms with Crippen LogP contribution in [0.5, 0.6) is 0 Å². The lowest BCUT2D eigenvalue weighted by Gasteiger charge is -2.21. The lowest BCUT2D eigenvalue weighted by Crippen LogP contribution is -2.26. The molecule has 0 unspecified atom stereocenters. The largest absolute Gasteiger partial charge is 0.352 e. The molecule has 0 spiro atoms. The predicted molar refractivity (Wildman–Crippen MR) is 137 cm³/mol. The van der Waals surface area contributed by atoms with Crippen molar-refractivity contribution >= 4 is 28.9 Å². The quantitative estimate of drug-likeness (QED) is 0.415. The maximum Gasteiger partial charge on any atom is 0.257 e. The second-order valence-corrected chi connectivity index (χ2v) is 8.33. The average Bonchev–Trinajstić information content (AvgIpc) is 2.99. The third kappa shape index (κ3) is 4.28. The molecule has 1 aliphatic rings. The number of fused-ring (bicyclic) bond motifs is 2. The fraction of sp³-hybridized carbons (Fsp3) is 0.103. The zero-order valence-corrected chi connectivity index (χ0v) is 18.9. The topological polar surface area (TPSA) is 61.4 Å². The summed E-state index contributed by atoms with van der Waals surface area (Å²) in [6, 6.07) is 31.5. The monoisotopic (exact) mass is 447 g/mol. The van der Waals surface area contributed by atoms with Gasteiger partial charge in [0.05, 0.1) is 22.6 Å². The normalized spacial score (nSPS) is 12.3. The summed E-state index contributed by atoms with van der Waals surface area (Å²) in [5.74, 6) is -0.347. The summed E-state index contributed by atoms with van der Waals surface area (Å²) in [7, 11) is 1.92. The summed E-state index contributed by atoms with van der Waals surface area (Å²) in [5, 5.41) is 5.93. The third-order valence-electron chi connectivity index (χ3n) is 6.14. The average molecular weight is 448 g/mol. The van der Waals surface area contributed by atoms with Crippen LogP contribution in [0.15, 0.2) is 97.1 Å². The highest BCUT2D eigenvalue weighted by molar-refractivity contribution is 6.13. The van der Waals surface area contributed by atoms with E-state index in [0.29, 0.717) is 23.4 Å². The van der Waals surface area contributed by atoms with Crippen LogP contribution < -0.4 is 15.5 Å². The molecule has 0 saturated heterocycles. The van der Waals surface area contributed by atoms with Gasteiger partial charge in [-0.3, -0.25) is 9.59 Å². The van der Waals surface area contributed by atoms with Gasteiger partial charge in [0.1, 0.15) is 0 Å². The Balaban J connectivity index is 1.24. The van der Waals surface area contributed by atoms with E-state index in [-0.39, 0.29) is 11.8 Å². The molecule has 2 amide bonds. The molecule has 0 aliphatic carbocycles. The number of hydrogen-bond acceptors (Lipinski definition) is 3. The minimum Gasteiger partial charge on any atom is -0.352 e. The molecule has 168 valence electrons. The number of anilines is 3. The fourth-order valence-corrected chi connectivity index (χ4v) is 4.26. The van der Waals surface area contributed by atoms with Gasteiger partial charge in [-0.1, -0.05) is 66.7 Å². The van der Waals surface area contributed by atoms with Crippen molar-refractivity contribution in [1.82, 2.24) is 5.32 Å². The van der Waals surface area contributed by atoms with E-state index < -0.39 is 0 Å². The molecule has 4 aromatic carbocycles. The number of carbonyl (C=O) groups is 2. The summed E-state index contributed by atoms with van der Waals surface area (Å²) >= 11 is 0. The molecule has 34 heavy (non-hydrogen) atoms. The maximum absolute atomic E-state index is 12.8. The molecule has 0 fully saturated rings. The van der Waals surface area contributed by atoms with Crippen molar-refractivity contribution < 1.29 is 9.59 Å². The number of amides is 2. The Labute approximate surface area is 199 Å². The van der Waals surface area contributed by atoms with Gasteiger partial charge in [-0.25, -0.2) is 0 Å². The Morgan fingerprint density at radius 1 is 0.824 bits per heavy atom. The van der Waals surface area contributed by atoms with Gasteiger partial charge in [0.15, 0.2) is 0 Å². The minimum absolute atomic E-state index is 0.164. The Morgan fingerprint density at radius 2 is 1.53 bits per heavy atom. The first-order chi connectivity index (χ1) is 16.6. The Morgan fingerprint density at radius 3 is 2.32 bits per heavy atom. The van der Waals surface area contributed by atoms with Gasteiger partial charge in [0.25, 0.3) is 11.8 Å². The molecule has 0 bridgehead atoms. The Kier molecular flexibility index (Phi) is 5.83. The van der Waals surface area contributed by atoms with Crippen LogP contribution in [-0.4, -0.2) is 25.4 Å². The van der Waals surface area contributed by atoms with Gasteiger partial charge >= 0.3 is 0 Å². The molecule has 1 aliphatic heterocycles. The van der Waals surface area contributed by atoms with E-state index in [9.17, 15) is 9.59 Å². The molecule has 0 aromatic heterocycles. The first-order valence-electron chi connectivity index (χ1n) is 11.3. The van der Waals surface area contributed by atoms with Crippen LogP contribution in [0.25, 0.3) is 11.1 Å². The molecule has 0 radical (unpaired) electrons. The second-order valence-electron chi connectivity index (χ2n) is 8.33. The van der Waals surface area contributed by atoms with Crippen LogP contribution >= 0.6 is 0 Å². The Bertz CT molecular complexity index is 1350. The van der Waals surface area contributed by atoms with Gasteiger partial charge in [-0.05, 0) is 53.4 Å². The van der Waals surface area contributed by atoms with Crippen molar-refractivity contribution in [2.24, 2.45) is 0 Å². The lowest BCUT2D eigenvalue weighted by molar-refractivity contribution is 0.0952. The van der Waals surface area contributed by atoms with E-state index in [1.54, 1.807) is 18.2 Å². The van der Waals surface area contributed by atoms with E-state index in [4.69, 9.17) is 0 Å². The van der Waals surface area contributed by atoms with E-state index in [1.807, 2.05) is 54.4 Å². The second kappa shape index (κ2) is 9.24. The number of benzene rings is 4. The van der Waals surface area contributed by atoms with Crippen molar-refractivity contribution in [2.75, 3.05) is 23.8 Å². The number of hydrogen-bond donors (Lipinski definition) is 2. The zero-order chi connectivity index (χ0) is 23.5. The first-order valence-corrected chi connectivity index (χ1v) is 11.3. The van der Waals surface area contributed by atoms with Gasteiger partial charge < -0.3 is 15.5 Å². The van der Waals surface area contributed by atoms with E-state index in [1.165, 1.54) is 11.1 Å². The highest BCUT2D eigenvalue weighted by Gasteiger charge is 2.23. The minimum atomic E-state index is -0.183. The van der Waals surface area contributed by atoms with Crippen LogP contribution in [0.1, 0.15) is 26.3 Å². The van der Waals surface area contributed by atoms with Gasteiger partial charge in [0.2, 0.25) is 0 Å². The van der Waals surface area contributed by atoms with Crippen molar-refractivity contribution in [1.29, 1.82) is 0 Å². The molecular formula is C29H25N3O2. The van der Waals surface area contributed by atoms with Crippen LogP contribution in [0.2, 0.25) is 0 Å². The molecule has 5 nitrogen and oxygen atoms in total. The summed E-state index contributed by atoms with van der Waals surface area (Å²) < 4.78 is 0. The van der Waals surface area contributed by atoms with E-state index in [0.717, 1.165) is 23.4 Å². The van der Waals surface area contributed by atoms with Gasteiger partial charge in [-0.15, -0.1) is 0 Å². The van der Waals surface area contributed by atoms with Crippen LogP contribution in [-0.2, 0) is 6.42 Å². The van der Waals surface area contributed by atoms with Gasteiger partial charge in [-0.2, -0.15) is 0 Å². The molecule has 5 rings (SSSR count). The van der Waals surface area contributed by atoms with Gasteiger partial charge in [0, 0.05) is 19.2 Å². The van der Waals surface area contributed by atoms with Crippen LogP contribution in [0, 0.1) is 0 Å².